The largest absolute Gasteiger partial charge is 0.409 e. The zero-order chi connectivity index (χ0) is 13.5. The molecule has 6 heteroatoms. The van der Waals surface area contributed by atoms with Gasteiger partial charge in [0.1, 0.15) is 5.69 Å². The van der Waals surface area contributed by atoms with Gasteiger partial charge in [0.05, 0.1) is 0 Å². The molecular formula is C12H21N5O. The smallest absolute Gasteiger partial charge is 0.225 e. The molecule has 1 aromatic heterocycles. The predicted octanol–water partition coefficient (Wildman–Crippen LogP) is 1.44. The lowest BCUT2D eigenvalue weighted by Crippen LogP contribution is -2.30. The van der Waals surface area contributed by atoms with Crippen molar-refractivity contribution in [1.82, 2.24) is 9.97 Å². The molecule has 0 saturated carbocycles. The Hall–Kier alpha value is -1.85. The van der Waals surface area contributed by atoms with Crippen LogP contribution in [-0.4, -0.2) is 34.1 Å². The van der Waals surface area contributed by atoms with Gasteiger partial charge in [0, 0.05) is 19.3 Å². The first-order chi connectivity index (χ1) is 8.62. The number of hydrogen-bond acceptors (Lipinski definition) is 5. The SMILES string of the molecule is CCC(C)CN(CC)c1nccc(/C(N)=N/O)n1. The summed E-state index contributed by atoms with van der Waals surface area (Å²) in [6, 6.07) is 1.62. The molecule has 0 aliphatic carbocycles. The zero-order valence-electron chi connectivity index (χ0n) is 11.2. The van der Waals surface area contributed by atoms with Gasteiger partial charge in [0.15, 0.2) is 5.84 Å². The normalized spacial score (nSPS) is 13.4. The first-order valence-electron chi connectivity index (χ1n) is 6.18. The monoisotopic (exact) mass is 251 g/mol. The van der Waals surface area contributed by atoms with Crippen LogP contribution in [0.5, 0.6) is 0 Å². The highest BCUT2D eigenvalue weighted by Gasteiger charge is 2.12. The van der Waals surface area contributed by atoms with Crippen LogP contribution in [0.4, 0.5) is 5.95 Å². The van der Waals surface area contributed by atoms with E-state index in [9.17, 15) is 0 Å². The maximum absolute atomic E-state index is 8.65. The Labute approximate surface area is 108 Å². The lowest BCUT2D eigenvalue weighted by molar-refractivity contribution is 0.318. The van der Waals surface area contributed by atoms with E-state index >= 15 is 0 Å². The third-order valence-corrected chi connectivity index (χ3v) is 2.91. The molecule has 0 radical (unpaired) electrons. The Morgan fingerprint density at radius 3 is 2.83 bits per heavy atom. The summed E-state index contributed by atoms with van der Waals surface area (Å²) in [5, 5.41) is 11.6. The van der Waals surface area contributed by atoms with E-state index in [4.69, 9.17) is 10.9 Å². The molecule has 1 aromatic rings. The van der Waals surface area contributed by atoms with Gasteiger partial charge in [-0.1, -0.05) is 25.4 Å². The molecule has 1 unspecified atom stereocenters. The van der Waals surface area contributed by atoms with Crippen LogP contribution in [0.1, 0.15) is 32.9 Å². The molecule has 0 saturated heterocycles. The molecule has 0 aliphatic heterocycles. The predicted molar refractivity (Wildman–Crippen MR) is 71.9 cm³/mol. The van der Waals surface area contributed by atoms with Crippen molar-refractivity contribution in [3.05, 3.63) is 18.0 Å². The fraction of sp³-hybridized carbons (Fsp3) is 0.583. The van der Waals surface area contributed by atoms with Crippen molar-refractivity contribution in [1.29, 1.82) is 0 Å². The summed E-state index contributed by atoms with van der Waals surface area (Å²) >= 11 is 0. The fourth-order valence-electron chi connectivity index (χ4n) is 1.55. The van der Waals surface area contributed by atoms with Crippen molar-refractivity contribution in [3.63, 3.8) is 0 Å². The number of hydrogen-bond donors (Lipinski definition) is 2. The number of rotatable bonds is 6. The van der Waals surface area contributed by atoms with Crippen molar-refractivity contribution in [3.8, 4) is 0 Å². The molecule has 1 heterocycles. The average molecular weight is 251 g/mol. The molecule has 0 spiro atoms. The minimum absolute atomic E-state index is 0.00163. The summed E-state index contributed by atoms with van der Waals surface area (Å²) in [5.74, 6) is 1.18. The van der Waals surface area contributed by atoms with Gasteiger partial charge in [-0.05, 0) is 18.9 Å². The summed E-state index contributed by atoms with van der Waals surface area (Å²) in [6.07, 6.45) is 2.73. The van der Waals surface area contributed by atoms with E-state index < -0.39 is 0 Å². The van der Waals surface area contributed by atoms with E-state index in [-0.39, 0.29) is 5.84 Å². The zero-order valence-corrected chi connectivity index (χ0v) is 11.2. The Morgan fingerprint density at radius 1 is 1.56 bits per heavy atom. The summed E-state index contributed by atoms with van der Waals surface area (Å²) in [7, 11) is 0. The Balaban J connectivity index is 2.92. The van der Waals surface area contributed by atoms with Gasteiger partial charge in [0.25, 0.3) is 0 Å². The van der Waals surface area contributed by atoms with E-state index in [2.05, 4.69) is 40.8 Å². The maximum atomic E-state index is 8.65. The van der Waals surface area contributed by atoms with Crippen LogP contribution >= 0.6 is 0 Å². The molecule has 0 aromatic carbocycles. The molecule has 3 N–H and O–H groups in total. The van der Waals surface area contributed by atoms with Crippen molar-refractivity contribution >= 4 is 11.8 Å². The number of amidine groups is 1. The summed E-state index contributed by atoms with van der Waals surface area (Å²) < 4.78 is 0. The van der Waals surface area contributed by atoms with E-state index in [1.54, 1.807) is 12.3 Å². The minimum atomic E-state index is -0.00163. The molecule has 18 heavy (non-hydrogen) atoms. The second-order valence-corrected chi connectivity index (χ2v) is 4.28. The number of nitrogens with zero attached hydrogens (tertiary/aromatic N) is 4. The third-order valence-electron chi connectivity index (χ3n) is 2.91. The van der Waals surface area contributed by atoms with E-state index in [1.807, 2.05) is 0 Å². The van der Waals surface area contributed by atoms with Gasteiger partial charge in [0.2, 0.25) is 5.95 Å². The van der Waals surface area contributed by atoms with Crippen LogP contribution in [0.25, 0.3) is 0 Å². The van der Waals surface area contributed by atoms with Crippen LogP contribution in [0.2, 0.25) is 0 Å². The first-order valence-corrected chi connectivity index (χ1v) is 6.18. The highest BCUT2D eigenvalue weighted by Crippen LogP contribution is 2.11. The van der Waals surface area contributed by atoms with Crippen LogP contribution < -0.4 is 10.6 Å². The molecule has 0 bridgehead atoms. The van der Waals surface area contributed by atoms with Gasteiger partial charge in [-0.25, -0.2) is 9.97 Å². The molecule has 1 rings (SSSR count). The number of oxime groups is 1. The lowest BCUT2D eigenvalue weighted by atomic mass is 10.1. The highest BCUT2D eigenvalue weighted by molar-refractivity contribution is 5.95. The number of nitrogens with two attached hydrogens (primary N) is 1. The van der Waals surface area contributed by atoms with E-state index in [0.717, 1.165) is 19.5 Å². The minimum Gasteiger partial charge on any atom is -0.409 e. The van der Waals surface area contributed by atoms with Gasteiger partial charge < -0.3 is 15.8 Å². The topological polar surface area (TPSA) is 87.6 Å². The van der Waals surface area contributed by atoms with Crippen LogP contribution in [-0.2, 0) is 0 Å². The molecule has 1 atom stereocenters. The number of anilines is 1. The standard InChI is InChI=1S/C12H21N5O/c1-4-9(3)8-17(5-2)12-14-7-6-10(15-12)11(13)16-18/h6-7,9,18H,4-5,8H2,1-3H3,(H2,13,16). The highest BCUT2D eigenvalue weighted by atomic mass is 16.4. The second-order valence-electron chi connectivity index (χ2n) is 4.28. The second kappa shape index (κ2) is 6.78. The first kappa shape index (κ1) is 14.2. The summed E-state index contributed by atoms with van der Waals surface area (Å²) in [4.78, 5) is 10.6. The molecule has 0 amide bonds. The average Bonchev–Trinajstić information content (AvgIpc) is 2.43. The molecule has 0 aliphatic rings. The quantitative estimate of drug-likeness (QED) is 0.346. The van der Waals surface area contributed by atoms with Gasteiger partial charge in [-0.2, -0.15) is 0 Å². The summed E-state index contributed by atoms with van der Waals surface area (Å²) in [5.41, 5.74) is 5.96. The van der Waals surface area contributed by atoms with E-state index in [0.29, 0.717) is 17.6 Å². The molecule has 6 nitrogen and oxygen atoms in total. The fourth-order valence-corrected chi connectivity index (χ4v) is 1.55. The van der Waals surface area contributed by atoms with Crippen LogP contribution in [0.3, 0.4) is 0 Å². The summed E-state index contributed by atoms with van der Waals surface area (Å²) in [6.45, 7) is 8.13. The van der Waals surface area contributed by atoms with Crippen molar-refractivity contribution in [2.24, 2.45) is 16.8 Å². The molecule has 100 valence electrons. The number of aromatic nitrogens is 2. The maximum Gasteiger partial charge on any atom is 0.225 e. The Kier molecular flexibility index (Phi) is 5.35. The lowest BCUT2D eigenvalue weighted by Gasteiger charge is -2.24. The van der Waals surface area contributed by atoms with Gasteiger partial charge >= 0.3 is 0 Å². The molecular weight excluding hydrogens is 230 g/mol. The van der Waals surface area contributed by atoms with Crippen molar-refractivity contribution < 1.29 is 5.21 Å². The van der Waals surface area contributed by atoms with Crippen molar-refractivity contribution in [2.45, 2.75) is 27.2 Å². The third kappa shape index (κ3) is 3.58. The van der Waals surface area contributed by atoms with Crippen molar-refractivity contribution in [2.75, 3.05) is 18.0 Å². The van der Waals surface area contributed by atoms with Gasteiger partial charge in [-0.15, -0.1) is 0 Å². The van der Waals surface area contributed by atoms with Crippen LogP contribution in [0, 0.1) is 5.92 Å². The molecule has 0 fully saturated rings. The van der Waals surface area contributed by atoms with Gasteiger partial charge in [-0.3, -0.25) is 0 Å². The Bertz CT molecular complexity index is 407. The van der Waals surface area contributed by atoms with Crippen LogP contribution in [0.15, 0.2) is 17.4 Å². The Morgan fingerprint density at radius 2 is 2.28 bits per heavy atom. The van der Waals surface area contributed by atoms with E-state index in [1.165, 1.54) is 0 Å².